The summed E-state index contributed by atoms with van der Waals surface area (Å²) in [7, 11) is 0. The number of hydrogen-bond donors (Lipinski definition) is 1. The third kappa shape index (κ3) is 2.08. The molecule has 2 N–H and O–H groups in total. The van der Waals surface area contributed by atoms with Crippen molar-refractivity contribution in [3.05, 3.63) is 54.4 Å². The summed E-state index contributed by atoms with van der Waals surface area (Å²) in [5.41, 5.74) is 9.58. The monoisotopic (exact) mass is 224 g/mol. The molecule has 0 radical (unpaired) electrons. The minimum absolute atomic E-state index is 0.700. The Kier molecular flexibility index (Phi) is 2.65. The van der Waals surface area contributed by atoms with Crippen LogP contribution in [0.15, 0.2) is 48.8 Å². The molecule has 0 spiro atoms. The molecule has 0 saturated heterocycles. The Bertz CT molecular complexity index is 490. The Labute approximate surface area is 102 Å². The van der Waals surface area contributed by atoms with Crippen LogP contribution < -0.4 is 5.73 Å². The lowest BCUT2D eigenvalue weighted by molar-refractivity contribution is 0.810. The molecule has 1 saturated carbocycles. The van der Waals surface area contributed by atoms with Crippen LogP contribution in [-0.2, 0) is 0 Å². The van der Waals surface area contributed by atoms with Gasteiger partial charge in [0.15, 0.2) is 0 Å². The van der Waals surface area contributed by atoms with Crippen LogP contribution in [0.1, 0.15) is 17.9 Å². The lowest BCUT2D eigenvalue weighted by Gasteiger charge is -2.03. The summed E-state index contributed by atoms with van der Waals surface area (Å²) in [6.45, 7) is 0.816. The summed E-state index contributed by atoms with van der Waals surface area (Å²) in [5.74, 6) is 1.41. The Morgan fingerprint density at radius 2 is 1.65 bits per heavy atom. The van der Waals surface area contributed by atoms with E-state index in [0.717, 1.165) is 6.54 Å². The standard InChI is InChI=1S/C15H16N2/c16-10-14-9-15(14)13-3-1-11(2-4-13)12-5-7-17-8-6-12/h1-8,14-15H,9-10,16H2/t14-,15-/m0/s1. The SMILES string of the molecule is NC[C@@H]1C[C@H]1c1ccc(-c2ccncc2)cc1. The lowest BCUT2D eigenvalue weighted by atomic mass is 10.0. The first-order chi connectivity index (χ1) is 8.38. The van der Waals surface area contributed by atoms with Crippen molar-refractivity contribution in [3.63, 3.8) is 0 Å². The minimum atomic E-state index is 0.700. The number of rotatable bonds is 3. The number of benzene rings is 1. The van der Waals surface area contributed by atoms with E-state index in [0.29, 0.717) is 11.8 Å². The maximum atomic E-state index is 5.68. The summed E-state index contributed by atoms with van der Waals surface area (Å²) in [5, 5.41) is 0. The first-order valence-electron chi connectivity index (χ1n) is 6.09. The average molecular weight is 224 g/mol. The fraction of sp³-hybridized carbons (Fsp3) is 0.267. The van der Waals surface area contributed by atoms with Gasteiger partial charge in [0.1, 0.15) is 0 Å². The van der Waals surface area contributed by atoms with E-state index in [2.05, 4.69) is 29.2 Å². The summed E-state index contributed by atoms with van der Waals surface area (Å²) >= 11 is 0. The van der Waals surface area contributed by atoms with E-state index in [-0.39, 0.29) is 0 Å². The third-order valence-electron chi connectivity index (χ3n) is 3.58. The second kappa shape index (κ2) is 4.30. The Hall–Kier alpha value is -1.67. The third-order valence-corrected chi connectivity index (χ3v) is 3.58. The molecular formula is C15H16N2. The van der Waals surface area contributed by atoms with Crippen molar-refractivity contribution in [3.8, 4) is 11.1 Å². The van der Waals surface area contributed by atoms with E-state index in [1.165, 1.54) is 23.1 Å². The van der Waals surface area contributed by atoms with Crippen LogP contribution >= 0.6 is 0 Å². The number of aromatic nitrogens is 1. The maximum Gasteiger partial charge on any atom is 0.0273 e. The normalized spacial score (nSPS) is 22.4. The summed E-state index contributed by atoms with van der Waals surface area (Å²) in [6.07, 6.45) is 4.91. The van der Waals surface area contributed by atoms with Crippen molar-refractivity contribution < 1.29 is 0 Å². The molecule has 2 aromatic rings. The van der Waals surface area contributed by atoms with Crippen molar-refractivity contribution >= 4 is 0 Å². The molecule has 1 aliphatic rings. The molecular weight excluding hydrogens is 208 g/mol. The lowest BCUT2D eigenvalue weighted by Crippen LogP contribution is -2.01. The van der Waals surface area contributed by atoms with Gasteiger partial charge >= 0.3 is 0 Å². The topological polar surface area (TPSA) is 38.9 Å². The van der Waals surface area contributed by atoms with Gasteiger partial charge in [-0.3, -0.25) is 4.98 Å². The van der Waals surface area contributed by atoms with Gasteiger partial charge in [-0.2, -0.15) is 0 Å². The van der Waals surface area contributed by atoms with Gasteiger partial charge in [-0.25, -0.2) is 0 Å². The zero-order valence-electron chi connectivity index (χ0n) is 9.71. The van der Waals surface area contributed by atoms with E-state index >= 15 is 0 Å². The Morgan fingerprint density at radius 1 is 1.00 bits per heavy atom. The second-order valence-corrected chi connectivity index (χ2v) is 4.70. The van der Waals surface area contributed by atoms with Gasteiger partial charge < -0.3 is 5.73 Å². The number of pyridine rings is 1. The molecule has 17 heavy (non-hydrogen) atoms. The van der Waals surface area contributed by atoms with Crippen molar-refractivity contribution in [2.24, 2.45) is 11.7 Å². The average Bonchev–Trinajstić information content (AvgIpc) is 3.19. The maximum absolute atomic E-state index is 5.68. The van der Waals surface area contributed by atoms with Crippen LogP contribution in [0.5, 0.6) is 0 Å². The van der Waals surface area contributed by atoms with Gasteiger partial charge in [0.2, 0.25) is 0 Å². The smallest absolute Gasteiger partial charge is 0.0273 e. The van der Waals surface area contributed by atoms with Crippen LogP contribution in [0, 0.1) is 5.92 Å². The highest BCUT2D eigenvalue weighted by Gasteiger charge is 2.36. The van der Waals surface area contributed by atoms with Crippen LogP contribution in [0.3, 0.4) is 0 Å². The van der Waals surface area contributed by atoms with Crippen molar-refractivity contribution in [2.75, 3.05) is 6.54 Å². The van der Waals surface area contributed by atoms with Crippen molar-refractivity contribution in [1.29, 1.82) is 0 Å². The number of hydrogen-bond acceptors (Lipinski definition) is 2. The molecule has 1 fully saturated rings. The molecule has 1 aliphatic carbocycles. The zero-order chi connectivity index (χ0) is 11.7. The molecule has 2 heteroatoms. The van der Waals surface area contributed by atoms with E-state index in [1.54, 1.807) is 0 Å². The summed E-state index contributed by atoms with van der Waals surface area (Å²) < 4.78 is 0. The predicted molar refractivity (Wildman–Crippen MR) is 69.6 cm³/mol. The van der Waals surface area contributed by atoms with Crippen molar-refractivity contribution in [1.82, 2.24) is 4.98 Å². The molecule has 3 rings (SSSR count). The van der Waals surface area contributed by atoms with Crippen LogP contribution in [-0.4, -0.2) is 11.5 Å². The van der Waals surface area contributed by atoms with Gasteiger partial charge in [0.25, 0.3) is 0 Å². The number of nitrogens with zero attached hydrogens (tertiary/aromatic N) is 1. The molecule has 0 amide bonds. The summed E-state index contributed by atoms with van der Waals surface area (Å²) in [6, 6.07) is 12.9. The minimum Gasteiger partial charge on any atom is -0.330 e. The van der Waals surface area contributed by atoms with E-state index < -0.39 is 0 Å². The molecule has 1 aromatic carbocycles. The highest BCUT2D eigenvalue weighted by atomic mass is 14.6. The zero-order valence-corrected chi connectivity index (χ0v) is 9.71. The predicted octanol–water partition coefficient (Wildman–Crippen LogP) is 2.81. The fourth-order valence-corrected chi connectivity index (χ4v) is 2.38. The van der Waals surface area contributed by atoms with Gasteiger partial charge in [0.05, 0.1) is 0 Å². The van der Waals surface area contributed by atoms with Gasteiger partial charge in [-0.1, -0.05) is 24.3 Å². The Morgan fingerprint density at radius 3 is 2.24 bits per heavy atom. The quantitative estimate of drug-likeness (QED) is 0.870. The fourth-order valence-electron chi connectivity index (χ4n) is 2.38. The molecule has 2 atom stereocenters. The van der Waals surface area contributed by atoms with Crippen LogP contribution in [0.4, 0.5) is 0 Å². The molecule has 0 bridgehead atoms. The molecule has 0 unspecified atom stereocenters. The molecule has 2 nitrogen and oxygen atoms in total. The van der Waals surface area contributed by atoms with E-state index in [1.807, 2.05) is 24.5 Å². The summed E-state index contributed by atoms with van der Waals surface area (Å²) in [4.78, 5) is 4.03. The molecule has 0 aliphatic heterocycles. The van der Waals surface area contributed by atoms with Crippen LogP contribution in [0.2, 0.25) is 0 Å². The van der Waals surface area contributed by atoms with E-state index in [4.69, 9.17) is 5.73 Å². The second-order valence-electron chi connectivity index (χ2n) is 4.70. The van der Waals surface area contributed by atoms with Gasteiger partial charge in [0, 0.05) is 12.4 Å². The highest BCUT2D eigenvalue weighted by Crippen LogP contribution is 2.46. The van der Waals surface area contributed by atoms with Gasteiger partial charge in [-0.15, -0.1) is 0 Å². The molecule has 1 aromatic heterocycles. The molecule has 86 valence electrons. The largest absolute Gasteiger partial charge is 0.330 e. The number of nitrogens with two attached hydrogens (primary N) is 1. The highest BCUT2D eigenvalue weighted by molar-refractivity contribution is 5.63. The molecule has 1 heterocycles. The Balaban J connectivity index is 1.82. The van der Waals surface area contributed by atoms with Crippen LogP contribution in [0.25, 0.3) is 11.1 Å². The first-order valence-corrected chi connectivity index (χ1v) is 6.09. The first kappa shape index (κ1) is 10.5. The van der Waals surface area contributed by atoms with Crippen molar-refractivity contribution in [2.45, 2.75) is 12.3 Å². The van der Waals surface area contributed by atoms with E-state index in [9.17, 15) is 0 Å². The van der Waals surface area contributed by atoms with Gasteiger partial charge in [-0.05, 0) is 53.6 Å².